The Morgan fingerprint density at radius 1 is 1.47 bits per heavy atom. The van der Waals surface area contributed by atoms with Gasteiger partial charge in [-0.2, -0.15) is 0 Å². The molecule has 4 nitrogen and oxygen atoms in total. The van der Waals surface area contributed by atoms with Crippen LogP contribution in [0.4, 0.5) is 5.69 Å². The fourth-order valence-corrected chi connectivity index (χ4v) is 2.54. The van der Waals surface area contributed by atoms with Crippen molar-refractivity contribution in [1.82, 2.24) is 4.98 Å². The van der Waals surface area contributed by atoms with E-state index >= 15 is 0 Å². The number of pyridine rings is 1. The molecule has 1 fully saturated rings. The van der Waals surface area contributed by atoms with Crippen LogP contribution in [0, 0.1) is 0 Å². The highest BCUT2D eigenvalue weighted by Gasteiger charge is 2.20. The van der Waals surface area contributed by atoms with Crippen LogP contribution in [0.25, 0.3) is 0 Å². The van der Waals surface area contributed by atoms with Gasteiger partial charge >= 0.3 is 0 Å². The van der Waals surface area contributed by atoms with Gasteiger partial charge in [0, 0.05) is 19.7 Å². The molecule has 2 heterocycles. The van der Waals surface area contributed by atoms with Crippen molar-refractivity contribution >= 4 is 5.69 Å². The normalized spacial score (nSPS) is 21.4. The fourth-order valence-electron chi connectivity index (χ4n) is 2.54. The Kier molecular flexibility index (Phi) is 5.16. The first kappa shape index (κ1) is 14.3. The van der Waals surface area contributed by atoms with Crippen molar-refractivity contribution in [1.29, 1.82) is 0 Å². The highest BCUT2D eigenvalue weighted by Crippen LogP contribution is 2.22. The van der Waals surface area contributed by atoms with E-state index in [4.69, 9.17) is 4.74 Å². The molecule has 1 aromatic heterocycles. The highest BCUT2D eigenvalue weighted by molar-refractivity contribution is 5.45. The number of hydrogen-bond acceptors (Lipinski definition) is 4. The van der Waals surface area contributed by atoms with Crippen molar-refractivity contribution < 1.29 is 9.84 Å². The van der Waals surface area contributed by atoms with Crippen LogP contribution in [0.5, 0.6) is 0 Å². The maximum atomic E-state index is 9.75. The summed E-state index contributed by atoms with van der Waals surface area (Å²) in [6.45, 7) is 6.77. The number of aromatic nitrogens is 1. The molecule has 1 aromatic rings. The van der Waals surface area contributed by atoms with Gasteiger partial charge in [0.1, 0.15) is 0 Å². The first-order valence-electron chi connectivity index (χ1n) is 7.25. The van der Waals surface area contributed by atoms with E-state index < -0.39 is 6.10 Å². The predicted octanol–water partition coefficient (Wildman–Crippen LogP) is 2.53. The van der Waals surface area contributed by atoms with Crippen LogP contribution in [0.2, 0.25) is 0 Å². The number of ether oxygens (including phenoxy) is 1. The first-order valence-corrected chi connectivity index (χ1v) is 7.25. The molecule has 1 aliphatic heterocycles. The van der Waals surface area contributed by atoms with E-state index in [0.29, 0.717) is 12.5 Å². The molecule has 2 rings (SSSR count). The van der Waals surface area contributed by atoms with Crippen LogP contribution in [-0.4, -0.2) is 35.9 Å². The summed E-state index contributed by atoms with van der Waals surface area (Å²) in [5, 5.41) is 9.75. The standard InChI is InChI=1S/C15H24N2O2/c1-3-15(18)14-8-7-12(10-16-14)17-9-5-6-13(11-17)19-4-2/h7-8,10,13,15,18H,3-6,9,11H2,1-2H3/t13?,15-/m0/s1. The number of aliphatic hydroxyl groups is 1. The zero-order chi connectivity index (χ0) is 13.7. The minimum absolute atomic E-state index is 0.333. The molecular weight excluding hydrogens is 240 g/mol. The van der Waals surface area contributed by atoms with Gasteiger partial charge in [-0.1, -0.05) is 6.92 Å². The number of hydrogen-bond donors (Lipinski definition) is 1. The average Bonchev–Trinajstić information content (AvgIpc) is 2.47. The van der Waals surface area contributed by atoms with E-state index in [2.05, 4.69) is 16.0 Å². The largest absolute Gasteiger partial charge is 0.387 e. The quantitative estimate of drug-likeness (QED) is 0.887. The van der Waals surface area contributed by atoms with Crippen molar-refractivity contribution in [3.8, 4) is 0 Å². The van der Waals surface area contributed by atoms with E-state index in [-0.39, 0.29) is 0 Å². The molecular formula is C15H24N2O2. The van der Waals surface area contributed by atoms with Gasteiger partial charge in [0.2, 0.25) is 0 Å². The molecule has 0 amide bonds. The van der Waals surface area contributed by atoms with Crippen molar-refractivity contribution in [3.05, 3.63) is 24.0 Å². The van der Waals surface area contributed by atoms with Gasteiger partial charge in [0.15, 0.2) is 0 Å². The van der Waals surface area contributed by atoms with E-state index in [0.717, 1.165) is 43.9 Å². The van der Waals surface area contributed by atoms with E-state index in [1.54, 1.807) is 0 Å². The lowest BCUT2D eigenvalue weighted by molar-refractivity contribution is 0.0526. The summed E-state index contributed by atoms with van der Waals surface area (Å²) in [5.74, 6) is 0. The Morgan fingerprint density at radius 2 is 2.32 bits per heavy atom. The Bertz CT molecular complexity index is 378. The molecule has 0 aromatic carbocycles. The third kappa shape index (κ3) is 3.67. The van der Waals surface area contributed by atoms with Crippen molar-refractivity contribution in [2.24, 2.45) is 0 Å². The van der Waals surface area contributed by atoms with E-state index in [1.165, 1.54) is 0 Å². The highest BCUT2D eigenvalue weighted by atomic mass is 16.5. The summed E-state index contributed by atoms with van der Waals surface area (Å²) in [5.41, 5.74) is 1.88. The summed E-state index contributed by atoms with van der Waals surface area (Å²) < 4.78 is 5.71. The molecule has 19 heavy (non-hydrogen) atoms. The molecule has 0 bridgehead atoms. The summed E-state index contributed by atoms with van der Waals surface area (Å²) >= 11 is 0. The Labute approximate surface area is 115 Å². The topological polar surface area (TPSA) is 45.6 Å². The van der Waals surface area contributed by atoms with E-state index in [1.807, 2.05) is 26.1 Å². The molecule has 1 unspecified atom stereocenters. The second-order valence-corrected chi connectivity index (χ2v) is 5.03. The Morgan fingerprint density at radius 3 is 2.95 bits per heavy atom. The summed E-state index contributed by atoms with van der Waals surface area (Å²) in [6.07, 6.45) is 4.74. The number of anilines is 1. The van der Waals surface area contributed by atoms with Gasteiger partial charge in [0.25, 0.3) is 0 Å². The minimum Gasteiger partial charge on any atom is -0.387 e. The monoisotopic (exact) mass is 264 g/mol. The fraction of sp³-hybridized carbons (Fsp3) is 0.667. The molecule has 1 saturated heterocycles. The number of nitrogens with zero attached hydrogens (tertiary/aromatic N) is 2. The maximum Gasteiger partial charge on any atom is 0.0957 e. The molecule has 0 radical (unpaired) electrons. The molecule has 0 spiro atoms. The first-order chi connectivity index (χ1) is 9.24. The Balaban J connectivity index is 2.01. The lowest BCUT2D eigenvalue weighted by Crippen LogP contribution is -2.39. The molecule has 0 saturated carbocycles. The van der Waals surface area contributed by atoms with Crippen LogP contribution in [0.15, 0.2) is 18.3 Å². The van der Waals surface area contributed by atoms with Gasteiger partial charge in [-0.15, -0.1) is 0 Å². The van der Waals surface area contributed by atoms with Gasteiger partial charge in [-0.25, -0.2) is 0 Å². The smallest absolute Gasteiger partial charge is 0.0957 e. The molecule has 106 valence electrons. The summed E-state index contributed by atoms with van der Waals surface area (Å²) in [7, 11) is 0. The minimum atomic E-state index is -0.452. The van der Waals surface area contributed by atoms with Crippen molar-refractivity contribution in [2.45, 2.75) is 45.3 Å². The van der Waals surface area contributed by atoms with E-state index in [9.17, 15) is 5.11 Å². The maximum absolute atomic E-state index is 9.75. The van der Waals surface area contributed by atoms with Gasteiger partial charge in [-0.05, 0) is 38.3 Å². The number of aliphatic hydroxyl groups excluding tert-OH is 1. The van der Waals surface area contributed by atoms with Crippen LogP contribution in [-0.2, 0) is 4.74 Å². The van der Waals surface area contributed by atoms with Crippen LogP contribution < -0.4 is 4.90 Å². The number of rotatable bonds is 5. The van der Waals surface area contributed by atoms with Crippen LogP contribution >= 0.6 is 0 Å². The second-order valence-electron chi connectivity index (χ2n) is 5.03. The predicted molar refractivity (Wildman–Crippen MR) is 76.3 cm³/mol. The molecule has 1 aliphatic rings. The second kappa shape index (κ2) is 6.87. The Hall–Kier alpha value is -1.13. The van der Waals surface area contributed by atoms with Gasteiger partial charge in [-0.3, -0.25) is 4.98 Å². The van der Waals surface area contributed by atoms with Crippen molar-refractivity contribution in [3.63, 3.8) is 0 Å². The lowest BCUT2D eigenvalue weighted by atomic mass is 10.1. The van der Waals surface area contributed by atoms with Crippen LogP contribution in [0.3, 0.4) is 0 Å². The zero-order valence-corrected chi connectivity index (χ0v) is 11.9. The summed E-state index contributed by atoms with van der Waals surface area (Å²) in [6, 6.07) is 3.98. The SMILES string of the molecule is CCOC1CCCN(c2ccc([C@@H](O)CC)nc2)C1. The molecule has 0 aliphatic carbocycles. The lowest BCUT2D eigenvalue weighted by Gasteiger charge is -2.34. The van der Waals surface area contributed by atoms with Gasteiger partial charge in [0.05, 0.1) is 29.8 Å². The molecule has 1 N–H and O–H groups in total. The third-order valence-electron chi connectivity index (χ3n) is 3.64. The third-order valence-corrected chi connectivity index (χ3v) is 3.64. The average molecular weight is 264 g/mol. The summed E-state index contributed by atoms with van der Waals surface area (Å²) in [4.78, 5) is 6.68. The van der Waals surface area contributed by atoms with Crippen LogP contribution in [0.1, 0.15) is 44.9 Å². The van der Waals surface area contributed by atoms with Gasteiger partial charge < -0.3 is 14.7 Å². The van der Waals surface area contributed by atoms with Crippen molar-refractivity contribution in [2.75, 3.05) is 24.6 Å². The number of piperidine rings is 1. The zero-order valence-electron chi connectivity index (χ0n) is 11.9. The molecule has 2 atom stereocenters. The molecule has 4 heteroatoms.